The van der Waals surface area contributed by atoms with E-state index in [1.54, 1.807) is 13.2 Å². The van der Waals surface area contributed by atoms with E-state index >= 15 is 0 Å². The van der Waals surface area contributed by atoms with Crippen LogP contribution >= 0.6 is 0 Å². The van der Waals surface area contributed by atoms with Crippen LogP contribution in [0, 0.1) is 0 Å². The maximum atomic E-state index is 12.2. The summed E-state index contributed by atoms with van der Waals surface area (Å²) in [5.74, 6) is 1.29. The third-order valence-corrected chi connectivity index (χ3v) is 4.18. The van der Waals surface area contributed by atoms with Gasteiger partial charge in [0.05, 0.1) is 24.1 Å². The number of methoxy groups -OCH3 is 1. The molecule has 2 N–H and O–H groups in total. The van der Waals surface area contributed by atoms with Gasteiger partial charge in [-0.1, -0.05) is 24.3 Å². The molecule has 25 heavy (non-hydrogen) atoms. The van der Waals surface area contributed by atoms with Gasteiger partial charge in [-0.15, -0.1) is 0 Å². The number of nitrogens with zero attached hydrogens (tertiary/aromatic N) is 2. The molecule has 0 aliphatic carbocycles. The minimum absolute atomic E-state index is 0.104. The molecule has 0 saturated heterocycles. The van der Waals surface area contributed by atoms with Crippen molar-refractivity contribution in [3.05, 3.63) is 64.4 Å². The van der Waals surface area contributed by atoms with Crippen molar-refractivity contribution in [3.8, 4) is 5.75 Å². The highest BCUT2D eigenvalue weighted by atomic mass is 16.5. The van der Waals surface area contributed by atoms with Crippen LogP contribution < -0.4 is 15.6 Å². The van der Waals surface area contributed by atoms with E-state index in [1.807, 2.05) is 50.5 Å². The first-order valence-corrected chi connectivity index (χ1v) is 8.12. The molecule has 3 rings (SSSR count). The summed E-state index contributed by atoms with van der Waals surface area (Å²) in [5.41, 5.74) is 1.66. The fraction of sp³-hybridized carbons (Fsp3) is 0.263. The highest BCUT2D eigenvalue weighted by Crippen LogP contribution is 2.23. The summed E-state index contributed by atoms with van der Waals surface area (Å²) in [4.78, 5) is 21.6. The predicted molar refractivity (Wildman–Crippen MR) is 100 cm³/mol. The second kappa shape index (κ2) is 7.36. The monoisotopic (exact) mass is 338 g/mol. The summed E-state index contributed by atoms with van der Waals surface area (Å²) in [6, 6.07) is 15.4. The van der Waals surface area contributed by atoms with Gasteiger partial charge in [0.25, 0.3) is 5.56 Å². The first kappa shape index (κ1) is 17.0. The topological polar surface area (TPSA) is 70.2 Å². The Balaban J connectivity index is 1.83. The van der Waals surface area contributed by atoms with Crippen LogP contribution in [0.5, 0.6) is 5.75 Å². The lowest BCUT2D eigenvalue weighted by Crippen LogP contribution is -2.28. The Kier molecular flexibility index (Phi) is 5.00. The Bertz CT molecular complexity index is 920. The zero-order valence-electron chi connectivity index (χ0n) is 14.6. The van der Waals surface area contributed by atoms with Crippen molar-refractivity contribution >= 4 is 16.9 Å². The number of hydrogen-bond acceptors (Lipinski definition) is 5. The maximum absolute atomic E-state index is 12.2. The molecule has 1 atom stereocenters. The van der Waals surface area contributed by atoms with Gasteiger partial charge in [0.2, 0.25) is 5.95 Å². The van der Waals surface area contributed by atoms with E-state index in [-0.39, 0.29) is 11.6 Å². The van der Waals surface area contributed by atoms with Crippen LogP contribution in [-0.4, -0.2) is 42.6 Å². The van der Waals surface area contributed by atoms with Gasteiger partial charge >= 0.3 is 0 Å². The molecule has 3 aromatic rings. The number of rotatable bonds is 6. The summed E-state index contributed by atoms with van der Waals surface area (Å²) in [5, 5.41) is 3.83. The first-order chi connectivity index (χ1) is 12.1. The van der Waals surface area contributed by atoms with E-state index in [1.165, 1.54) is 0 Å². The molecule has 6 nitrogen and oxygen atoms in total. The SMILES string of the molecule is COc1cccc(C(CNc2nc3ccccc3c(=O)[nH]2)N(C)C)c1. The predicted octanol–water partition coefficient (Wildman–Crippen LogP) is 2.65. The second-order valence-electron chi connectivity index (χ2n) is 6.07. The summed E-state index contributed by atoms with van der Waals surface area (Å²) in [6.07, 6.45) is 0. The lowest BCUT2D eigenvalue weighted by Gasteiger charge is -2.25. The number of aromatic amines is 1. The van der Waals surface area contributed by atoms with E-state index in [2.05, 4.69) is 26.3 Å². The zero-order chi connectivity index (χ0) is 17.8. The lowest BCUT2D eigenvalue weighted by atomic mass is 10.1. The normalized spacial score (nSPS) is 12.3. The molecule has 0 aliphatic rings. The van der Waals surface area contributed by atoms with Crippen LogP contribution in [0.2, 0.25) is 0 Å². The molecule has 2 aromatic carbocycles. The fourth-order valence-electron chi connectivity index (χ4n) is 2.81. The molecule has 0 bridgehead atoms. The van der Waals surface area contributed by atoms with Crippen LogP contribution in [-0.2, 0) is 0 Å². The molecule has 0 radical (unpaired) electrons. The summed E-state index contributed by atoms with van der Waals surface area (Å²) in [7, 11) is 5.69. The molecular weight excluding hydrogens is 316 g/mol. The van der Waals surface area contributed by atoms with Gasteiger partial charge in [-0.3, -0.25) is 9.78 Å². The van der Waals surface area contributed by atoms with Gasteiger partial charge in [-0.25, -0.2) is 4.98 Å². The van der Waals surface area contributed by atoms with Crippen molar-refractivity contribution in [2.24, 2.45) is 0 Å². The second-order valence-corrected chi connectivity index (χ2v) is 6.07. The van der Waals surface area contributed by atoms with Gasteiger partial charge in [0.15, 0.2) is 0 Å². The van der Waals surface area contributed by atoms with E-state index in [0.29, 0.717) is 23.4 Å². The average molecular weight is 338 g/mol. The number of anilines is 1. The number of H-pyrrole nitrogens is 1. The van der Waals surface area contributed by atoms with E-state index < -0.39 is 0 Å². The van der Waals surface area contributed by atoms with Gasteiger partial charge in [0.1, 0.15) is 5.75 Å². The molecular formula is C19H22N4O2. The smallest absolute Gasteiger partial charge is 0.260 e. The molecule has 0 fully saturated rings. The molecule has 0 aliphatic heterocycles. The van der Waals surface area contributed by atoms with Gasteiger partial charge in [0, 0.05) is 6.54 Å². The molecule has 0 saturated carbocycles. The summed E-state index contributed by atoms with van der Waals surface area (Å²) >= 11 is 0. The highest BCUT2D eigenvalue weighted by Gasteiger charge is 2.15. The Hall–Kier alpha value is -2.86. The Morgan fingerprint density at radius 2 is 2.00 bits per heavy atom. The lowest BCUT2D eigenvalue weighted by molar-refractivity contribution is 0.310. The van der Waals surface area contributed by atoms with Crippen molar-refractivity contribution in [2.45, 2.75) is 6.04 Å². The molecule has 1 aromatic heterocycles. The van der Waals surface area contributed by atoms with Gasteiger partial charge in [-0.05, 0) is 43.9 Å². The summed E-state index contributed by atoms with van der Waals surface area (Å²) in [6.45, 7) is 0.599. The van der Waals surface area contributed by atoms with Crippen molar-refractivity contribution in [1.29, 1.82) is 0 Å². The van der Waals surface area contributed by atoms with Gasteiger partial charge < -0.3 is 15.0 Å². The molecule has 130 valence electrons. The molecule has 0 amide bonds. The zero-order valence-corrected chi connectivity index (χ0v) is 14.6. The Morgan fingerprint density at radius 1 is 1.20 bits per heavy atom. The highest BCUT2D eigenvalue weighted by molar-refractivity contribution is 5.78. The quantitative estimate of drug-likeness (QED) is 0.723. The minimum atomic E-state index is -0.143. The number of nitrogens with one attached hydrogen (secondary N) is 2. The molecule has 0 spiro atoms. The van der Waals surface area contributed by atoms with Crippen molar-refractivity contribution in [1.82, 2.24) is 14.9 Å². The third kappa shape index (κ3) is 3.80. The minimum Gasteiger partial charge on any atom is -0.497 e. The number of fused-ring (bicyclic) bond motifs is 1. The summed E-state index contributed by atoms with van der Waals surface area (Å²) < 4.78 is 5.31. The number of para-hydroxylation sites is 1. The van der Waals surface area contributed by atoms with Crippen molar-refractivity contribution < 1.29 is 4.74 Å². The molecule has 1 heterocycles. The molecule has 1 unspecified atom stereocenters. The first-order valence-electron chi connectivity index (χ1n) is 8.12. The fourth-order valence-corrected chi connectivity index (χ4v) is 2.81. The average Bonchev–Trinajstić information content (AvgIpc) is 2.62. The van der Waals surface area contributed by atoms with Crippen molar-refractivity contribution in [3.63, 3.8) is 0 Å². The van der Waals surface area contributed by atoms with E-state index in [4.69, 9.17) is 4.74 Å². The van der Waals surface area contributed by atoms with E-state index in [9.17, 15) is 4.79 Å². The molecule has 6 heteroatoms. The van der Waals surface area contributed by atoms with Crippen molar-refractivity contribution in [2.75, 3.05) is 33.1 Å². The number of benzene rings is 2. The number of hydrogen-bond donors (Lipinski definition) is 2. The largest absolute Gasteiger partial charge is 0.497 e. The van der Waals surface area contributed by atoms with Crippen LogP contribution in [0.3, 0.4) is 0 Å². The van der Waals surface area contributed by atoms with Crippen LogP contribution in [0.15, 0.2) is 53.3 Å². The van der Waals surface area contributed by atoms with Gasteiger partial charge in [-0.2, -0.15) is 0 Å². The van der Waals surface area contributed by atoms with Crippen LogP contribution in [0.4, 0.5) is 5.95 Å². The Labute approximate surface area is 146 Å². The van der Waals surface area contributed by atoms with E-state index in [0.717, 1.165) is 11.3 Å². The Morgan fingerprint density at radius 3 is 2.76 bits per heavy atom. The maximum Gasteiger partial charge on any atom is 0.260 e. The van der Waals surface area contributed by atoms with Crippen LogP contribution in [0.25, 0.3) is 10.9 Å². The number of ether oxygens (including phenoxy) is 1. The third-order valence-electron chi connectivity index (χ3n) is 4.18. The standard InChI is InChI=1S/C19H22N4O2/c1-23(2)17(13-7-6-8-14(11-13)25-3)12-20-19-21-16-10-5-4-9-15(16)18(24)22-19/h4-11,17H,12H2,1-3H3,(H2,20,21,22,24). The number of aromatic nitrogens is 2. The number of likely N-dealkylation sites (N-methyl/N-ethyl adjacent to an activating group) is 1. The van der Waals surface area contributed by atoms with Crippen LogP contribution in [0.1, 0.15) is 11.6 Å².